The Hall–Kier alpha value is -0.610. The van der Waals surface area contributed by atoms with Crippen molar-refractivity contribution >= 4 is 5.91 Å². The molecule has 106 valence electrons. The molecule has 4 nitrogen and oxygen atoms in total. The number of nitrogens with one attached hydrogen (secondary N) is 2. The number of carbonyl (C=O) groups excluding carboxylic acids is 1. The highest BCUT2D eigenvalue weighted by atomic mass is 16.5. The molecule has 0 aromatic carbocycles. The van der Waals surface area contributed by atoms with Crippen molar-refractivity contribution in [2.24, 2.45) is 11.8 Å². The van der Waals surface area contributed by atoms with Gasteiger partial charge in [0.25, 0.3) is 0 Å². The van der Waals surface area contributed by atoms with Gasteiger partial charge < -0.3 is 15.4 Å². The summed E-state index contributed by atoms with van der Waals surface area (Å²) in [7, 11) is 0. The van der Waals surface area contributed by atoms with Crippen LogP contribution in [0.15, 0.2) is 0 Å². The van der Waals surface area contributed by atoms with Crippen LogP contribution in [0.5, 0.6) is 0 Å². The molecule has 0 bridgehead atoms. The van der Waals surface area contributed by atoms with E-state index in [-0.39, 0.29) is 5.91 Å². The van der Waals surface area contributed by atoms with Crippen molar-refractivity contribution in [3.63, 3.8) is 0 Å². The molecule has 0 saturated carbocycles. The molecule has 1 atom stereocenters. The predicted molar refractivity (Wildman–Crippen MR) is 73.5 cm³/mol. The molecule has 4 heteroatoms. The maximum Gasteiger partial charge on any atom is 0.220 e. The van der Waals surface area contributed by atoms with Crippen LogP contribution in [0.2, 0.25) is 0 Å². The van der Waals surface area contributed by atoms with Gasteiger partial charge >= 0.3 is 0 Å². The van der Waals surface area contributed by atoms with Gasteiger partial charge in [-0.2, -0.15) is 0 Å². The zero-order valence-corrected chi connectivity index (χ0v) is 11.8. The normalized spacial score (nSPS) is 18.6. The van der Waals surface area contributed by atoms with E-state index in [0.717, 1.165) is 39.3 Å². The fourth-order valence-corrected chi connectivity index (χ4v) is 2.49. The maximum absolute atomic E-state index is 11.8. The number of piperidine rings is 1. The van der Waals surface area contributed by atoms with E-state index in [2.05, 4.69) is 17.6 Å². The minimum absolute atomic E-state index is 0.192. The number of amides is 1. The lowest BCUT2D eigenvalue weighted by Gasteiger charge is -2.27. The van der Waals surface area contributed by atoms with Crippen molar-refractivity contribution in [3.05, 3.63) is 0 Å². The Morgan fingerprint density at radius 2 is 2.17 bits per heavy atom. The maximum atomic E-state index is 11.8. The van der Waals surface area contributed by atoms with Crippen LogP contribution in [0.25, 0.3) is 0 Å². The first-order valence-electron chi connectivity index (χ1n) is 7.29. The van der Waals surface area contributed by atoms with Crippen molar-refractivity contribution in [3.8, 4) is 0 Å². The molecule has 1 heterocycles. The second-order valence-corrected chi connectivity index (χ2v) is 5.17. The Balaban J connectivity index is 2.07. The van der Waals surface area contributed by atoms with Crippen LogP contribution < -0.4 is 10.6 Å². The second kappa shape index (κ2) is 9.34. The molecule has 0 spiro atoms. The smallest absolute Gasteiger partial charge is 0.220 e. The van der Waals surface area contributed by atoms with Crippen molar-refractivity contribution in [2.75, 3.05) is 32.8 Å². The average molecular weight is 256 g/mol. The van der Waals surface area contributed by atoms with Gasteiger partial charge in [0.05, 0.1) is 0 Å². The fraction of sp³-hybridized carbons (Fsp3) is 0.929. The summed E-state index contributed by atoms with van der Waals surface area (Å²) < 4.78 is 5.23. The van der Waals surface area contributed by atoms with Gasteiger partial charge in [-0.3, -0.25) is 4.79 Å². The lowest BCUT2D eigenvalue weighted by molar-refractivity contribution is -0.122. The molecule has 0 aliphatic carbocycles. The summed E-state index contributed by atoms with van der Waals surface area (Å²) in [5, 5.41) is 6.34. The molecule has 2 N–H and O–H groups in total. The molecule has 1 rings (SSSR count). The summed E-state index contributed by atoms with van der Waals surface area (Å²) in [6, 6.07) is 0. The highest BCUT2D eigenvalue weighted by Crippen LogP contribution is 2.23. The number of hydrogen-bond donors (Lipinski definition) is 2. The molecule has 1 fully saturated rings. The molecule has 18 heavy (non-hydrogen) atoms. The molecule has 1 aliphatic heterocycles. The van der Waals surface area contributed by atoms with Gasteiger partial charge in [-0.25, -0.2) is 0 Å². The van der Waals surface area contributed by atoms with Crippen molar-refractivity contribution in [2.45, 2.75) is 39.5 Å². The third-order valence-corrected chi connectivity index (χ3v) is 3.69. The molecule has 1 amide bonds. The summed E-state index contributed by atoms with van der Waals surface area (Å²) >= 11 is 0. The number of ether oxygens (including phenoxy) is 1. The Kier molecular flexibility index (Phi) is 8.01. The number of rotatable bonds is 8. The SMILES string of the molecule is CCOCCCNC(=O)CC(C)C1CCNCC1. The standard InChI is InChI=1S/C14H28N2O2/c1-3-18-10-4-7-16-14(17)11-12(2)13-5-8-15-9-6-13/h12-13,15H,3-11H2,1-2H3,(H,16,17). The summed E-state index contributed by atoms with van der Waals surface area (Å²) in [5.41, 5.74) is 0. The van der Waals surface area contributed by atoms with Crippen LogP contribution in [-0.4, -0.2) is 38.8 Å². The number of hydrogen-bond acceptors (Lipinski definition) is 3. The fourth-order valence-electron chi connectivity index (χ4n) is 2.49. The van der Waals surface area contributed by atoms with Crippen LogP contribution in [0.4, 0.5) is 0 Å². The van der Waals surface area contributed by atoms with Gasteiger partial charge in [0, 0.05) is 26.2 Å². The first-order chi connectivity index (χ1) is 8.74. The van der Waals surface area contributed by atoms with Crippen LogP contribution >= 0.6 is 0 Å². The topological polar surface area (TPSA) is 50.4 Å². The molecule has 0 radical (unpaired) electrons. The Labute approximate surface area is 111 Å². The van der Waals surface area contributed by atoms with E-state index in [1.165, 1.54) is 12.8 Å². The highest BCUT2D eigenvalue weighted by molar-refractivity contribution is 5.76. The van der Waals surface area contributed by atoms with Gasteiger partial charge in [0.15, 0.2) is 0 Å². The van der Waals surface area contributed by atoms with Gasteiger partial charge in [-0.15, -0.1) is 0 Å². The van der Waals surface area contributed by atoms with E-state index in [9.17, 15) is 4.79 Å². The summed E-state index contributed by atoms with van der Waals surface area (Å²) in [6.07, 6.45) is 3.98. The van der Waals surface area contributed by atoms with Crippen LogP contribution in [0, 0.1) is 11.8 Å². The number of carbonyl (C=O) groups is 1. The molecule has 0 aromatic rings. The first-order valence-corrected chi connectivity index (χ1v) is 7.29. The third kappa shape index (κ3) is 6.36. The molecule has 1 unspecified atom stereocenters. The van der Waals surface area contributed by atoms with Gasteiger partial charge in [-0.05, 0) is 51.1 Å². The lowest BCUT2D eigenvalue weighted by Crippen LogP contribution is -2.33. The van der Waals surface area contributed by atoms with E-state index in [1.54, 1.807) is 0 Å². The minimum Gasteiger partial charge on any atom is -0.382 e. The van der Waals surface area contributed by atoms with Crippen molar-refractivity contribution < 1.29 is 9.53 Å². The van der Waals surface area contributed by atoms with E-state index in [4.69, 9.17) is 4.74 Å². The Bertz CT molecular complexity index is 228. The molecular formula is C14H28N2O2. The Morgan fingerprint density at radius 3 is 2.83 bits per heavy atom. The summed E-state index contributed by atoms with van der Waals surface area (Å²) in [6.45, 7) is 8.62. The molecular weight excluding hydrogens is 228 g/mol. The third-order valence-electron chi connectivity index (χ3n) is 3.69. The van der Waals surface area contributed by atoms with Crippen molar-refractivity contribution in [1.29, 1.82) is 0 Å². The average Bonchev–Trinajstić information content (AvgIpc) is 2.39. The van der Waals surface area contributed by atoms with Gasteiger partial charge in [0.1, 0.15) is 0 Å². The van der Waals surface area contributed by atoms with Crippen LogP contribution in [0.1, 0.15) is 39.5 Å². The minimum atomic E-state index is 0.192. The van der Waals surface area contributed by atoms with E-state index >= 15 is 0 Å². The second-order valence-electron chi connectivity index (χ2n) is 5.17. The Morgan fingerprint density at radius 1 is 1.44 bits per heavy atom. The van der Waals surface area contributed by atoms with Crippen LogP contribution in [0.3, 0.4) is 0 Å². The lowest BCUT2D eigenvalue weighted by atomic mass is 9.84. The predicted octanol–water partition coefficient (Wildman–Crippen LogP) is 1.55. The molecule has 0 aromatic heterocycles. The van der Waals surface area contributed by atoms with Crippen LogP contribution in [-0.2, 0) is 9.53 Å². The van der Waals surface area contributed by atoms with Gasteiger partial charge in [-0.1, -0.05) is 6.92 Å². The summed E-state index contributed by atoms with van der Waals surface area (Å²) in [5.74, 6) is 1.40. The largest absolute Gasteiger partial charge is 0.382 e. The summed E-state index contributed by atoms with van der Waals surface area (Å²) in [4.78, 5) is 11.8. The van der Waals surface area contributed by atoms with Crippen molar-refractivity contribution in [1.82, 2.24) is 10.6 Å². The quantitative estimate of drug-likeness (QED) is 0.648. The highest BCUT2D eigenvalue weighted by Gasteiger charge is 2.21. The van der Waals surface area contributed by atoms with E-state index in [1.807, 2.05) is 6.92 Å². The molecule has 1 aliphatic rings. The first kappa shape index (κ1) is 15.4. The van der Waals surface area contributed by atoms with E-state index in [0.29, 0.717) is 18.3 Å². The van der Waals surface area contributed by atoms with E-state index < -0.39 is 0 Å². The molecule has 1 saturated heterocycles. The zero-order chi connectivity index (χ0) is 13.2. The van der Waals surface area contributed by atoms with Gasteiger partial charge in [0.2, 0.25) is 5.91 Å². The monoisotopic (exact) mass is 256 g/mol. The zero-order valence-electron chi connectivity index (χ0n) is 11.8.